The van der Waals surface area contributed by atoms with Crippen LogP contribution in [0.15, 0.2) is 97.1 Å². The van der Waals surface area contributed by atoms with Gasteiger partial charge in [0.15, 0.2) is 11.5 Å². The topological polar surface area (TPSA) is 15.7 Å². The van der Waals surface area contributed by atoms with Crippen molar-refractivity contribution >= 4 is 64.7 Å². The van der Waals surface area contributed by atoms with Crippen LogP contribution in [0.25, 0.3) is 11.1 Å². The molecule has 4 aliphatic heterocycles. The van der Waals surface area contributed by atoms with E-state index in [9.17, 15) is 0 Å². The van der Waals surface area contributed by atoms with Gasteiger partial charge in [0, 0.05) is 22.6 Å². The molecule has 0 bridgehead atoms. The molecule has 5 aromatic carbocycles. The zero-order valence-electron chi connectivity index (χ0n) is 21.6. The molecule has 3 nitrogen and oxygen atoms in total. The molecular weight excluding hydrogens is 479 g/mol. The van der Waals surface area contributed by atoms with E-state index in [1.54, 1.807) is 0 Å². The molecule has 4 aliphatic rings. The van der Waals surface area contributed by atoms with E-state index in [4.69, 9.17) is 4.74 Å². The van der Waals surface area contributed by atoms with Crippen molar-refractivity contribution in [3.05, 3.63) is 103 Å². The van der Waals surface area contributed by atoms with Crippen molar-refractivity contribution in [2.24, 2.45) is 0 Å². The number of hydrogen-bond acceptors (Lipinski definition) is 3. The fraction of sp³-hybridized carbons (Fsp3) is 0.0909. The predicted octanol–water partition coefficient (Wildman–Crippen LogP) is 5.94. The standard InChI is InChI=1S/C33H25BN2OSi/c1-20-18-22-21-10-8-17-30-32(21)36(25-13-5-7-16-29(25)38(30,2)3)34-23-11-9-15-28-33(23)35(26(19-20)31(22)34)24-12-4-6-14-27(24)37-28/h4-19H,1-3H3. The first kappa shape index (κ1) is 20.8. The van der Waals surface area contributed by atoms with E-state index in [0.717, 1.165) is 17.2 Å². The highest BCUT2D eigenvalue weighted by atomic mass is 28.3. The van der Waals surface area contributed by atoms with Gasteiger partial charge in [-0.2, -0.15) is 0 Å². The van der Waals surface area contributed by atoms with Crippen molar-refractivity contribution < 1.29 is 4.74 Å². The first-order valence-electron chi connectivity index (χ1n) is 13.4. The fourth-order valence-corrected chi connectivity index (χ4v) is 10.5. The highest BCUT2D eigenvalue weighted by molar-refractivity contribution is 7.05. The Kier molecular flexibility index (Phi) is 3.72. The Bertz CT molecular complexity index is 1880. The van der Waals surface area contributed by atoms with E-state index in [1.807, 2.05) is 0 Å². The lowest BCUT2D eigenvalue weighted by atomic mass is 9.43. The van der Waals surface area contributed by atoms with E-state index in [-0.39, 0.29) is 6.85 Å². The van der Waals surface area contributed by atoms with Crippen molar-refractivity contribution in [2.75, 3.05) is 9.71 Å². The number of ether oxygens (including phenoxy) is 1. The largest absolute Gasteiger partial charge is 0.453 e. The van der Waals surface area contributed by atoms with Crippen LogP contribution >= 0.6 is 0 Å². The number of hydrogen-bond donors (Lipinski definition) is 0. The zero-order valence-corrected chi connectivity index (χ0v) is 22.6. The molecule has 5 heteroatoms. The average Bonchev–Trinajstić information content (AvgIpc) is 2.93. The second-order valence-electron chi connectivity index (χ2n) is 11.5. The minimum atomic E-state index is -1.90. The molecule has 5 aromatic rings. The molecule has 180 valence electrons. The van der Waals surface area contributed by atoms with Crippen molar-refractivity contribution in [1.82, 2.24) is 0 Å². The third kappa shape index (κ3) is 2.33. The predicted molar refractivity (Wildman–Crippen MR) is 162 cm³/mol. The van der Waals surface area contributed by atoms with Gasteiger partial charge in [0.25, 0.3) is 0 Å². The third-order valence-corrected chi connectivity index (χ3v) is 12.5. The summed E-state index contributed by atoms with van der Waals surface area (Å²) in [5, 5.41) is 3.03. The molecule has 0 spiro atoms. The summed E-state index contributed by atoms with van der Waals surface area (Å²) in [6.07, 6.45) is 0. The average molecular weight is 504 g/mol. The van der Waals surface area contributed by atoms with Crippen LogP contribution in [0.4, 0.5) is 28.4 Å². The van der Waals surface area contributed by atoms with E-state index in [1.165, 1.54) is 60.7 Å². The van der Waals surface area contributed by atoms with Crippen LogP contribution in [0.5, 0.6) is 11.5 Å². The number of rotatable bonds is 0. The van der Waals surface area contributed by atoms with E-state index in [0.29, 0.717) is 0 Å². The summed E-state index contributed by atoms with van der Waals surface area (Å²) in [6.45, 7) is 7.32. The molecule has 0 fully saturated rings. The van der Waals surface area contributed by atoms with Crippen molar-refractivity contribution in [3.8, 4) is 22.6 Å². The summed E-state index contributed by atoms with van der Waals surface area (Å²) in [6, 6.07) is 36.0. The molecule has 0 radical (unpaired) electrons. The zero-order chi connectivity index (χ0) is 25.3. The van der Waals surface area contributed by atoms with Gasteiger partial charge in [0.05, 0.1) is 11.4 Å². The number of aryl methyl sites for hydroxylation is 1. The van der Waals surface area contributed by atoms with Crippen LogP contribution < -0.4 is 35.7 Å². The van der Waals surface area contributed by atoms with Crippen molar-refractivity contribution in [1.29, 1.82) is 0 Å². The lowest BCUT2D eigenvalue weighted by Gasteiger charge is -2.51. The third-order valence-electron chi connectivity index (χ3n) is 9.03. The van der Waals surface area contributed by atoms with Gasteiger partial charge in [-0.25, -0.2) is 0 Å². The van der Waals surface area contributed by atoms with E-state index < -0.39 is 8.07 Å². The molecule has 0 unspecified atom stereocenters. The molecule has 38 heavy (non-hydrogen) atoms. The summed E-state index contributed by atoms with van der Waals surface area (Å²) in [4.78, 5) is 5.11. The summed E-state index contributed by atoms with van der Waals surface area (Å²) >= 11 is 0. The van der Waals surface area contributed by atoms with Gasteiger partial charge in [-0.3, -0.25) is 0 Å². The molecule has 0 aliphatic carbocycles. The molecule has 0 saturated carbocycles. The van der Waals surface area contributed by atoms with Gasteiger partial charge in [-0.1, -0.05) is 79.8 Å². The van der Waals surface area contributed by atoms with E-state index in [2.05, 4.69) is 127 Å². The minimum Gasteiger partial charge on any atom is -0.453 e. The van der Waals surface area contributed by atoms with Crippen LogP contribution in [0.3, 0.4) is 0 Å². The summed E-state index contributed by atoms with van der Waals surface area (Å²) in [5.74, 6) is 1.83. The Morgan fingerprint density at radius 3 is 2.29 bits per heavy atom. The van der Waals surface area contributed by atoms with E-state index >= 15 is 0 Å². The smallest absolute Gasteiger partial charge is 0.333 e. The number of anilines is 5. The molecule has 4 heterocycles. The number of nitrogens with zero attached hydrogens (tertiary/aromatic N) is 2. The normalized spacial score (nSPS) is 16.0. The van der Waals surface area contributed by atoms with Gasteiger partial charge in [0.2, 0.25) is 0 Å². The first-order chi connectivity index (χ1) is 18.5. The molecule has 0 N–H and O–H groups in total. The second-order valence-corrected chi connectivity index (χ2v) is 15.8. The number of benzene rings is 5. The number of fused-ring (bicyclic) bond motifs is 8. The van der Waals surface area contributed by atoms with Crippen LogP contribution in [0, 0.1) is 6.92 Å². The quantitative estimate of drug-likeness (QED) is 0.238. The Morgan fingerprint density at radius 2 is 1.39 bits per heavy atom. The first-order valence-corrected chi connectivity index (χ1v) is 16.4. The molecule has 0 saturated heterocycles. The molecule has 0 aromatic heterocycles. The molecular formula is C33H25BN2OSi. The Labute approximate surface area is 224 Å². The fourth-order valence-electron chi connectivity index (χ4n) is 7.47. The van der Waals surface area contributed by atoms with Crippen LogP contribution in [0.1, 0.15) is 5.56 Å². The Morgan fingerprint density at radius 1 is 0.658 bits per heavy atom. The summed E-state index contributed by atoms with van der Waals surface area (Å²) in [5.41, 5.74) is 13.0. The lowest BCUT2D eigenvalue weighted by Crippen LogP contribution is -2.68. The van der Waals surface area contributed by atoms with Gasteiger partial charge in [0.1, 0.15) is 8.07 Å². The van der Waals surface area contributed by atoms with Crippen molar-refractivity contribution in [3.63, 3.8) is 0 Å². The Hall–Kier alpha value is -4.22. The molecule has 0 atom stereocenters. The van der Waals surface area contributed by atoms with Gasteiger partial charge in [-0.05, 0) is 69.7 Å². The maximum Gasteiger partial charge on any atom is 0.333 e. The van der Waals surface area contributed by atoms with Gasteiger partial charge >= 0.3 is 6.85 Å². The SMILES string of the molecule is Cc1cc2c3c(c1)N1c4ccccc4Oc4cccc(c41)B3N1c3ccccc3[Si](C)(C)c3cccc-2c31. The maximum absolute atomic E-state index is 6.54. The van der Waals surface area contributed by atoms with Gasteiger partial charge in [-0.15, -0.1) is 0 Å². The van der Waals surface area contributed by atoms with Crippen LogP contribution in [0.2, 0.25) is 13.1 Å². The molecule has 9 rings (SSSR count). The molecule has 0 amide bonds. The number of para-hydroxylation sites is 5. The highest BCUT2D eigenvalue weighted by Gasteiger charge is 2.51. The van der Waals surface area contributed by atoms with Crippen molar-refractivity contribution in [2.45, 2.75) is 20.0 Å². The second kappa shape index (κ2) is 6.80. The Balaban J connectivity index is 1.47. The van der Waals surface area contributed by atoms with Gasteiger partial charge < -0.3 is 14.4 Å². The lowest BCUT2D eigenvalue weighted by molar-refractivity contribution is 0.477. The maximum atomic E-state index is 6.54. The summed E-state index contributed by atoms with van der Waals surface area (Å²) in [7, 11) is -1.90. The van der Waals surface area contributed by atoms with Crippen LogP contribution in [-0.2, 0) is 0 Å². The minimum absolute atomic E-state index is 0.0700. The monoisotopic (exact) mass is 504 g/mol. The highest BCUT2D eigenvalue weighted by Crippen LogP contribution is 2.54. The van der Waals surface area contributed by atoms with Crippen LogP contribution in [-0.4, -0.2) is 14.9 Å². The summed E-state index contributed by atoms with van der Waals surface area (Å²) < 4.78 is 6.54.